The Morgan fingerprint density at radius 1 is 1.21 bits per heavy atom. The number of hydrogen-bond acceptors (Lipinski definition) is 3. The number of H-pyrrole nitrogens is 1. The highest BCUT2D eigenvalue weighted by Gasteiger charge is 2.35. The summed E-state index contributed by atoms with van der Waals surface area (Å²) in [6.45, 7) is 0.741. The van der Waals surface area contributed by atoms with E-state index >= 15 is 0 Å². The molecule has 2 N–H and O–H groups in total. The largest absolute Gasteiger partial charge is 0.388 e. The maximum absolute atomic E-state index is 12.9. The molecule has 1 amide bonds. The number of nitriles is 1. The molecule has 3 rings (SSSR count). The molecule has 1 aliphatic carbocycles. The van der Waals surface area contributed by atoms with Crippen molar-refractivity contribution in [3.8, 4) is 6.07 Å². The van der Waals surface area contributed by atoms with Gasteiger partial charge in [-0.15, -0.1) is 0 Å². The topological polar surface area (TPSA) is 80.1 Å². The van der Waals surface area contributed by atoms with Crippen molar-refractivity contribution in [2.24, 2.45) is 0 Å². The number of nitrogens with zero attached hydrogens (tertiary/aromatic N) is 2. The minimum absolute atomic E-state index is 0.194. The number of hydrogen-bond donors (Lipinski definition) is 2. The zero-order valence-electron chi connectivity index (χ0n) is 13.5. The van der Waals surface area contributed by atoms with Gasteiger partial charge in [-0.2, -0.15) is 5.26 Å². The van der Waals surface area contributed by atoms with Crippen LogP contribution in [0.4, 0.5) is 0 Å². The van der Waals surface area contributed by atoms with Gasteiger partial charge in [-0.05, 0) is 30.5 Å². The van der Waals surface area contributed by atoms with Gasteiger partial charge in [0.2, 0.25) is 0 Å². The lowest BCUT2D eigenvalue weighted by atomic mass is 10.0. The van der Waals surface area contributed by atoms with E-state index in [9.17, 15) is 9.90 Å². The van der Waals surface area contributed by atoms with Crippen molar-refractivity contribution in [2.75, 3.05) is 6.54 Å². The van der Waals surface area contributed by atoms with Crippen LogP contribution in [0.25, 0.3) is 0 Å². The van der Waals surface area contributed by atoms with Crippen LogP contribution in [0.3, 0.4) is 0 Å². The van der Waals surface area contributed by atoms with Crippen LogP contribution >= 0.6 is 0 Å². The summed E-state index contributed by atoms with van der Waals surface area (Å²) in [6.07, 6.45) is 3.43. The summed E-state index contributed by atoms with van der Waals surface area (Å²) in [5.41, 5.74) is 0.941. The normalized spacial score (nSPS) is 15.8. The number of aromatic amines is 1. The first-order valence-electron chi connectivity index (χ1n) is 8.24. The number of nitrogens with one attached hydrogen (secondary N) is 1. The van der Waals surface area contributed by atoms with Crippen LogP contribution < -0.4 is 0 Å². The first kappa shape index (κ1) is 16.3. The monoisotopic (exact) mass is 323 g/mol. The predicted molar refractivity (Wildman–Crippen MR) is 90.1 cm³/mol. The van der Waals surface area contributed by atoms with Crippen LogP contribution in [0.1, 0.15) is 47.4 Å². The van der Waals surface area contributed by atoms with Crippen LogP contribution in [0, 0.1) is 11.3 Å². The molecule has 2 aromatic rings. The second-order valence-corrected chi connectivity index (χ2v) is 6.48. The van der Waals surface area contributed by atoms with E-state index < -0.39 is 5.60 Å². The average molecular weight is 323 g/mol. The van der Waals surface area contributed by atoms with E-state index in [4.69, 9.17) is 5.26 Å². The van der Waals surface area contributed by atoms with E-state index in [1.165, 1.54) is 0 Å². The standard InChI is InChI=1S/C19H21N3O2/c20-12-16-8-9-17(21-16)18(23)22(13-15-6-2-1-3-7-15)14-19(24)10-4-5-11-19/h1-3,6-9,21,24H,4-5,10-11,13-14H2. The highest BCUT2D eigenvalue weighted by molar-refractivity contribution is 5.92. The van der Waals surface area contributed by atoms with Crippen LogP contribution in [-0.2, 0) is 6.54 Å². The molecule has 1 aromatic heterocycles. The summed E-state index contributed by atoms with van der Waals surface area (Å²) in [4.78, 5) is 17.4. The minimum atomic E-state index is -0.810. The number of amides is 1. The summed E-state index contributed by atoms with van der Waals surface area (Å²) in [5.74, 6) is -0.194. The molecule has 0 radical (unpaired) electrons. The molecule has 1 fully saturated rings. The van der Waals surface area contributed by atoms with E-state index in [0.717, 1.165) is 31.2 Å². The van der Waals surface area contributed by atoms with Gasteiger partial charge in [-0.1, -0.05) is 43.2 Å². The van der Waals surface area contributed by atoms with Gasteiger partial charge in [0.1, 0.15) is 17.5 Å². The Bertz CT molecular complexity index is 739. The van der Waals surface area contributed by atoms with Gasteiger partial charge in [0.25, 0.3) is 5.91 Å². The fourth-order valence-corrected chi connectivity index (χ4v) is 3.31. The Kier molecular flexibility index (Phi) is 4.68. The average Bonchev–Trinajstić information content (AvgIpc) is 3.24. The summed E-state index contributed by atoms with van der Waals surface area (Å²) < 4.78 is 0. The predicted octanol–water partition coefficient (Wildman–Crippen LogP) is 2.83. The molecule has 5 heteroatoms. The minimum Gasteiger partial charge on any atom is -0.388 e. The Hall–Kier alpha value is -2.58. The van der Waals surface area contributed by atoms with Gasteiger partial charge in [0, 0.05) is 6.54 Å². The fourth-order valence-electron chi connectivity index (χ4n) is 3.31. The van der Waals surface area contributed by atoms with Crippen molar-refractivity contribution in [1.82, 2.24) is 9.88 Å². The van der Waals surface area contributed by atoms with Crippen molar-refractivity contribution in [1.29, 1.82) is 5.26 Å². The molecular formula is C19H21N3O2. The van der Waals surface area contributed by atoms with E-state index in [1.807, 2.05) is 36.4 Å². The maximum atomic E-state index is 12.9. The number of rotatable bonds is 5. The molecule has 124 valence electrons. The van der Waals surface area contributed by atoms with Crippen molar-refractivity contribution < 1.29 is 9.90 Å². The second-order valence-electron chi connectivity index (χ2n) is 6.48. The van der Waals surface area contributed by atoms with E-state index in [2.05, 4.69) is 4.98 Å². The number of carbonyl (C=O) groups is 1. The molecule has 0 aliphatic heterocycles. The van der Waals surface area contributed by atoms with Gasteiger partial charge >= 0.3 is 0 Å². The molecule has 5 nitrogen and oxygen atoms in total. The lowest BCUT2D eigenvalue weighted by Crippen LogP contribution is -2.44. The quantitative estimate of drug-likeness (QED) is 0.888. The van der Waals surface area contributed by atoms with Gasteiger partial charge in [0.15, 0.2) is 0 Å². The molecule has 0 unspecified atom stereocenters. The summed E-state index contributed by atoms with van der Waals surface area (Å²) in [7, 11) is 0. The zero-order valence-corrected chi connectivity index (χ0v) is 13.5. The molecule has 1 aromatic carbocycles. The van der Waals surface area contributed by atoms with Crippen molar-refractivity contribution in [2.45, 2.75) is 37.8 Å². The van der Waals surface area contributed by atoms with Gasteiger partial charge < -0.3 is 15.0 Å². The number of carbonyl (C=O) groups excluding carboxylic acids is 1. The fraction of sp³-hybridized carbons (Fsp3) is 0.368. The van der Waals surface area contributed by atoms with Crippen LogP contribution in [-0.4, -0.2) is 33.0 Å². The molecule has 24 heavy (non-hydrogen) atoms. The summed E-state index contributed by atoms with van der Waals surface area (Å²) >= 11 is 0. The third kappa shape index (κ3) is 3.66. The Balaban J connectivity index is 1.83. The smallest absolute Gasteiger partial charge is 0.270 e. The second kappa shape index (κ2) is 6.90. The molecule has 0 atom stereocenters. The van der Waals surface area contributed by atoms with Gasteiger partial charge in [0.05, 0.1) is 12.1 Å². The number of aromatic nitrogens is 1. The zero-order chi connectivity index (χ0) is 17.0. The lowest BCUT2D eigenvalue weighted by Gasteiger charge is -2.31. The van der Waals surface area contributed by atoms with Gasteiger partial charge in [-0.25, -0.2) is 0 Å². The Morgan fingerprint density at radius 3 is 2.54 bits per heavy atom. The van der Waals surface area contributed by atoms with Crippen molar-refractivity contribution in [3.63, 3.8) is 0 Å². The number of benzene rings is 1. The molecule has 0 saturated heterocycles. The third-order valence-electron chi connectivity index (χ3n) is 4.56. The van der Waals surface area contributed by atoms with Crippen molar-refractivity contribution in [3.05, 3.63) is 59.4 Å². The Morgan fingerprint density at radius 2 is 1.92 bits per heavy atom. The van der Waals surface area contributed by atoms with E-state index in [0.29, 0.717) is 24.5 Å². The molecule has 0 spiro atoms. The lowest BCUT2D eigenvalue weighted by molar-refractivity contribution is 0.00767. The SMILES string of the molecule is N#Cc1ccc(C(=O)N(Cc2ccccc2)CC2(O)CCCC2)[nH]1. The van der Waals surface area contributed by atoms with E-state index in [-0.39, 0.29) is 5.91 Å². The third-order valence-corrected chi connectivity index (χ3v) is 4.56. The van der Waals surface area contributed by atoms with Crippen LogP contribution in [0.2, 0.25) is 0 Å². The molecule has 0 bridgehead atoms. The van der Waals surface area contributed by atoms with Crippen LogP contribution in [0.15, 0.2) is 42.5 Å². The Labute approximate surface area is 141 Å². The van der Waals surface area contributed by atoms with Crippen molar-refractivity contribution >= 4 is 5.91 Å². The maximum Gasteiger partial charge on any atom is 0.270 e. The first-order chi connectivity index (χ1) is 11.6. The molecular weight excluding hydrogens is 302 g/mol. The van der Waals surface area contributed by atoms with Crippen LogP contribution in [0.5, 0.6) is 0 Å². The van der Waals surface area contributed by atoms with Gasteiger partial charge in [-0.3, -0.25) is 4.79 Å². The molecule has 1 heterocycles. The first-order valence-corrected chi connectivity index (χ1v) is 8.24. The highest BCUT2D eigenvalue weighted by atomic mass is 16.3. The number of aliphatic hydroxyl groups is 1. The van der Waals surface area contributed by atoms with E-state index in [1.54, 1.807) is 17.0 Å². The summed E-state index contributed by atoms with van der Waals surface area (Å²) in [6, 6.07) is 15.0. The molecule has 1 aliphatic rings. The summed E-state index contributed by atoms with van der Waals surface area (Å²) in [5, 5.41) is 19.7. The molecule has 1 saturated carbocycles. The highest BCUT2D eigenvalue weighted by Crippen LogP contribution is 2.31.